The minimum atomic E-state index is -1.03. The lowest BCUT2D eigenvalue weighted by Gasteiger charge is -2.19. The third kappa shape index (κ3) is 4.92. The Balaban J connectivity index is 1.69. The van der Waals surface area contributed by atoms with Gasteiger partial charge in [0.25, 0.3) is 5.91 Å². The quantitative estimate of drug-likeness (QED) is 0.613. The number of carbonyl (C=O) groups is 2. The van der Waals surface area contributed by atoms with Crippen LogP contribution in [0.3, 0.4) is 0 Å². The average molecular weight is 400 g/mol. The molecule has 8 nitrogen and oxygen atoms in total. The van der Waals surface area contributed by atoms with Gasteiger partial charge in [0.15, 0.2) is 12.1 Å². The number of nitrogens with one attached hydrogen (secondary N) is 1. The maximum atomic E-state index is 12.7. The number of para-hydroxylation sites is 1. The van der Waals surface area contributed by atoms with Gasteiger partial charge in [0.05, 0.1) is 10.7 Å². The molecule has 3 rings (SSSR count). The largest absolute Gasteiger partial charge is 0.451 e. The summed E-state index contributed by atoms with van der Waals surface area (Å²) >= 11 is 6.04. The van der Waals surface area contributed by atoms with E-state index in [1.165, 1.54) is 17.9 Å². The Hall–Kier alpha value is -3.26. The number of esters is 1. The first-order valence-electron chi connectivity index (χ1n) is 8.57. The molecule has 0 aliphatic rings. The second kappa shape index (κ2) is 9.09. The molecule has 0 spiro atoms. The molecular formula is C19H18ClN5O3. The standard InChI is InChI=1S/C19H18ClN5O3/c1-13(18(26)22-16-10-6-5-9-15(16)20)28-19(27)17(25-12-21-23-24-25)11-14-7-3-2-4-8-14/h2-10,12-13,17H,11H2,1H3,(H,22,26)/t13-,17-/m0/s1. The van der Waals surface area contributed by atoms with Crippen molar-refractivity contribution >= 4 is 29.2 Å². The molecule has 0 saturated carbocycles. The fraction of sp³-hybridized carbons (Fsp3) is 0.211. The number of carbonyl (C=O) groups excluding carboxylic acids is 2. The monoisotopic (exact) mass is 399 g/mol. The highest BCUT2D eigenvalue weighted by Crippen LogP contribution is 2.21. The molecular weight excluding hydrogens is 382 g/mol. The van der Waals surface area contributed by atoms with Crippen molar-refractivity contribution in [1.82, 2.24) is 20.2 Å². The van der Waals surface area contributed by atoms with Gasteiger partial charge in [0.2, 0.25) is 0 Å². The molecule has 2 aromatic carbocycles. The summed E-state index contributed by atoms with van der Waals surface area (Å²) in [5.41, 5.74) is 1.35. The Morgan fingerprint density at radius 2 is 1.86 bits per heavy atom. The average Bonchev–Trinajstić information content (AvgIpc) is 3.23. The number of nitrogens with zero attached hydrogens (tertiary/aromatic N) is 4. The second-order valence-electron chi connectivity index (χ2n) is 6.04. The van der Waals surface area contributed by atoms with Gasteiger partial charge in [-0.3, -0.25) is 4.79 Å². The molecule has 0 bridgehead atoms. The molecule has 0 saturated heterocycles. The fourth-order valence-electron chi connectivity index (χ4n) is 2.54. The van der Waals surface area contributed by atoms with E-state index < -0.39 is 24.0 Å². The van der Waals surface area contributed by atoms with Gasteiger partial charge in [-0.05, 0) is 35.0 Å². The van der Waals surface area contributed by atoms with Crippen LogP contribution in [0.15, 0.2) is 60.9 Å². The van der Waals surface area contributed by atoms with Crippen molar-refractivity contribution in [3.05, 3.63) is 71.5 Å². The maximum Gasteiger partial charge on any atom is 0.332 e. The van der Waals surface area contributed by atoms with Gasteiger partial charge in [-0.1, -0.05) is 54.1 Å². The zero-order valence-electron chi connectivity index (χ0n) is 15.0. The van der Waals surface area contributed by atoms with E-state index in [9.17, 15) is 9.59 Å². The summed E-state index contributed by atoms with van der Waals surface area (Å²) in [6.07, 6.45) is 0.630. The molecule has 9 heteroatoms. The molecule has 2 atom stereocenters. The van der Waals surface area contributed by atoms with Crippen molar-refractivity contribution < 1.29 is 14.3 Å². The molecule has 3 aromatic rings. The minimum Gasteiger partial charge on any atom is -0.451 e. The molecule has 28 heavy (non-hydrogen) atoms. The highest BCUT2D eigenvalue weighted by Gasteiger charge is 2.28. The van der Waals surface area contributed by atoms with E-state index in [0.717, 1.165) is 5.56 Å². The number of benzene rings is 2. The van der Waals surface area contributed by atoms with Gasteiger partial charge in [0.1, 0.15) is 6.33 Å². The smallest absolute Gasteiger partial charge is 0.332 e. The number of rotatable bonds is 7. The first kappa shape index (κ1) is 19.5. The number of ether oxygens (including phenoxy) is 1. The van der Waals surface area contributed by atoms with Crippen LogP contribution in [0.4, 0.5) is 5.69 Å². The summed E-state index contributed by atoms with van der Waals surface area (Å²) in [5, 5.41) is 14.0. The predicted octanol–water partition coefficient (Wildman–Crippen LogP) is 2.68. The molecule has 0 aliphatic heterocycles. The maximum absolute atomic E-state index is 12.7. The molecule has 0 radical (unpaired) electrons. The number of aromatic nitrogens is 4. The van der Waals surface area contributed by atoms with Crippen LogP contribution in [-0.4, -0.2) is 38.2 Å². The van der Waals surface area contributed by atoms with Crippen molar-refractivity contribution in [1.29, 1.82) is 0 Å². The van der Waals surface area contributed by atoms with E-state index in [4.69, 9.17) is 16.3 Å². The molecule has 0 unspecified atom stereocenters. The summed E-state index contributed by atoms with van der Waals surface area (Å²) in [6.45, 7) is 1.49. The van der Waals surface area contributed by atoms with Crippen molar-refractivity contribution in [2.75, 3.05) is 5.32 Å². The number of anilines is 1. The Kier molecular flexibility index (Phi) is 6.33. The van der Waals surface area contributed by atoms with Crippen LogP contribution >= 0.6 is 11.6 Å². The van der Waals surface area contributed by atoms with Gasteiger partial charge in [-0.2, -0.15) is 0 Å². The predicted molar refractivity (Wildman–Crippen MR) is 103 cm³/mol. The van der Waals surface area contributed by atoms with Crippen molar-refractivity contribution in [3.8, 4) is 0 Å². The van der Waals surface area contributed by atoms with E-state index in [1.807, 2.05) is 30.3 Å². The zero-order valence-corrected chi connectivity index (χ0v) is 15.8. The normalized spacial score (nSPS) is 12.8. The minimum absolute atomic E-state index is 0.323. The third-order valence-corrected chi connectivity index (χ3v) is 4.35. The summed E-state index contributed by atoms with van der Waals surface area (Å²) in [6, 6.07) is 15.4. The lowest BCUT2D eigenvalue weighted by atomic mass is 10.1. The number of amides is 1. The molecule has 1 aromatic heterocycles. The molecule has 1 N–H and O–H groups in total. The van der Waals surface area contributed by atoms with Gasteiger partial charge >= 0.3 is 5.97 Å². The Labute approximate surface area is 166 Å². The Morgan fingerprint density at radius 1 is 1.14 bits per heavy atom. The second-order valence-corrected chi connectivity index (χ2v) is 6.45. The van der Waals surface area contributed by atoms with Crippen LogP contribution in [0, 0.1) is 0 Å². The highest BCUT2D eigenvalue weighted by molar-refractivity contribution is 6.33. The number of halogens is 1. The lowest BCUT2D eigenvalue weighted by molar-refractivity contribution is -0.156. The van der Waals surface area contributed by atoms with Crippen LogP contribution in [0.2, 0.25) is 5.02 Å². The Bertz CT molecular complexity index is 934. The van der Waals surface area contributed by atoms with Crippen LogP contribution < -0.4 is 5.32 Å². The summed E-state index contributed by atoms with van der Waals surface area (Å²) in [7, 11) is 0. The van der Waals surface area contributed by atoms with Gasteiger partial charge < -0.3 is 10.1 Å². The van der Waals surface area contributed by atoms with Crippen LogP contribution in [0.1, 0.15) is 18.5 Å². The summed E-state index contributed by atoms with van der Waals surface area (Å²) in [4.78, 5) is 25.1. The van der Waals surface area contributed by atoms with Crippen molar-refractivity contribution in [3.63, 3.8) is 0 Å². The van der Waals surface area contributed by atoms with Crippen LogP contribution in [0.25, 0.3) is 0 Å². The van der Waals surface area contributed by atoms with E-state index >= 15 is 0 Å². The molecule has 1 amide bonds. The SMILES string of the molecule is C[C@H](OC(=O)[C@H](Cc1ccccc1)n1cnnn1)C(=O)Nc1ccccc1Cl. The molecule has 0 fully saturated rings. The Morgan fingerprint density at radius 3 is 2.54 bits per heavy atom. The summed E-state index contributed by atoms with van der Waals surface area (Å²) < 4.78 is 6.69. The number of tetrazole rings is 1. The van der Waals surface area contributed by atoms with Gasteiger partial charge in [0, 0.05) is 6.42 Å². The molecule has 1 heterocycles. The topological polar surface area (TPSA) is 99.0 Å². The first-order valence-corrected chi connectivity index (χ1v) is 8.94. The highest BCUT2D eigenvalue weighted by atomic mass is 35.5. The van der Waals surface area contributed by atoms with Crippen molar-refractivity contribution in [2.24, 2.45) is 0 Å². The fourth-order valence-corrected chi connectivity index (χ4v) is 2.72. The summed E-state index contributed by atoms with van der Waals surface area (Å²) in [5.74, 6) is -1.10. The number of hydrogen-bond donors (Lipinski definition) is 1. The van der Waals surface area contributed by atoms with E-state index in [-0.39, 0.29) is 0 Å². The van der Waals surface area contributed by atoms with E-state index in [0.29, 0.717) is 17.1 Å². The third-order valence-electron chi connectivity index (χ3n) is 4.02. The first-order chi connectivity index (χ1) is 13.5. The van der Waals surface area contributed by atoms with E-state index in [2.05, 4.69) is 20.8 Å². The van der Waals surface area contributed by atoms with Crippen molar-refractivity contribution in [2.45, 2.75) is 25.5 Å². The molecule has 144 valence electrons. The zero-order chi connectivity index (χ0) is 19.9. The van der Waals surface area contributed by atoms with Crippen LogP contribution in [0.5, 0.6) is 0 Å². The lowest BCUT2D eigenvalue weighted by Crippen LogP contribution is -2.34. The van der Waals surface area contributed by atoms with Gasteiger partial charge in [-0.15, -0.1) is 5.10 Å². The number of hydrogen-bond acceptors (Lipinski definition) is 6. The van der Waals surface area contributed by atoms with Gasteiger partial charge in [-0.25, -0.2) is 9.48 Å². The van der Waals surface area contributed by atoms with Crippen LogP contribution in [-0.2, 0) is 20.7 Å². The van der Waals surface area contributed by atoms with E-state index in [1.54, 1.807) is 24.3 Å². The molecule has 0 aliphatic carbocycles.